The van der Waals surface area contributed by atoms with Gasteiger partial charge >= 0.3 is 0 Å². The van der Waals surface area contributed by atoms with E-state index in [-0.39, 0.29) is 5.91 Å². The van der Waals surface area contributed by atoms with Crippen LogP contribution in [0.15, 0.2) is 30.3 Å². The number of amides is 1. The van der Waals surface area contributed by atoms with Crippen LogP contribution in [0.3, 0.4) is 0 Å². The largest absolute Gasteiger partial charge is 0.370 e. The smallest absolute Gasteiger partial charge is 0.248 e. The zero-order valence-electron chi connectivity index (χ0n) is 15.3. The van der Waals surface area contributed by atoms with E-state index in [1.807, 2.05) is 41.8 Å². The summed E-state index contributed by atoms with van der Waals surface area (Å²) in [7, 11) is 0. The second kappa shape index (κ2) is 7.19. The lowest BCUT2D eigenvalue weighted by atomic mass is 9.89. The van der Waals surface area contributed by atoms with E-state index >= 15 is 0 Å². The molecule has 6 nitrogen and oxygen atoms in total. The van der Waals surface area contributed by atoms with Crippen LogP contribution in [0.5, 0.6) is 0 Å². The van der Waals surface area contributed by atoms with Crippen molar-refractivity contribution in [1.29, 1.82) is 0 Å². The van der Waals surface area contributed by atoms with E-state index in [1.54, 1.807) is 0 Å². The zero-order valence-corrected chi connectivity index (χ0v) is 15.3. The molecule has 4 rings (SSSR count). The van der Waals surface area contributed by atoms with Crippen LogP contribution in [0.2, 0.25) is 0 Å². The number of hydrogen-bond acceptors (Lipinski definition) is 4. The minimum Gasteiger partial charge on any atom is -0.370 e. The summed E-state index contributed by atoms with van der Waals surface area (Å²) in [6.07, 6.45) is 6.28. The number of nitrogens with zero attached hydrogens (tertiary/aromatic N) is 3. The van der Waals surface area contributed by atoms with Crippen molar-refractivity contribution in [3.8, 4) is 11.4 Å². The number of hydrogen-bond donors (Lipinski definition) is 1. The van der Waals surface area contributed by atoms with Crippen molar-refractivity contribution in [3.05, 3.63) is 36.2 Å². The molecular weight excluding hydrogens is 328 g/mol. The fourth-order valence-electron chi connectivity index (χ4n) is 4.09. The van der Waals surface area contributed by atoms with Crippen LogP contribution < -0.4 is 5.32 Å². The van der Waals surface area contributed by atoms with E-state index in [9.17, 15) is 4.79 Å². The predicted octanol–water partition coefficient (Wildman–Crippen LogP) is 2.89. The summed E-state index contributed by atoms with van der Waals surface area (Å²) in [6, 6.07) is 9.89. The quantitative estimate of drug-likeness (QED) is 0.917. The first-order valence-electron chi connectivity index (χ1n) is 9.55. The SMILES string of the molecule is CC1(C(=O)NCC2CCCCC2)COCc2nnc(-c3ccccc3)n21. The van der Waals surface area contributed by atoms with Crippen LogP contribution in [-0.4, -0.2) is 33.8 Å². The van der Waals surface area contributed by atoms with Crippen LogP contribution in [0.4, 0.5) is 0 Å². The number of ether oxygens (including phenoxy) is 1. The molecule has 0 saturated heterocycles. The molecule has 0 radical (unpaired) electrons. The topological polar surface area (TPSA) is 69.0 Å². The second-order valence-corrected chi connectivity index (χ2v) is 7.62. The molecule has 1 saturated carbocycles. The number of carbonyl (C=O) groups is 1. The number of carbonyl (C=O) groups excluding carboxylic acids is 1. The highest BCUT2D eigenvalue weighted by Gasteiger charge is 2.42. The van der Waals surface area contributed by atoms with E-state index in [4.69, 9.17) is 4.74 Å². The summed E-state index contributed by atoms with van der Waals surface area (Å²) < 4.78 is 7.65. The molecular formula is C20H26N4O2. The van der Waals surface area contributed by atoms with Crippen LogP contribution in [-0.2, 0) is 21.7 Å². The summed E-state index contributed by atoms with van der Waals surface area (Å²) in [5.41, 5.74) is 0.121. The molecule has 1 aliphatic heterocycles. The molecule has 2 aliphatic rings. The number of aromatic nitrogens is 3. The number of benzene rings is 1. The maximum absolute atomic E-state index is 13.1. The van der Waals surface area contributed by atoms with Crippen LogP contribution in [0.25, 0.3) is 11.4 Å². The van der Waals surface area contributed by atoms with Crippen molar-refractivity contribution in [1.82, 2.24) is 20.1 Å². The average Bonchev–Trinajstić information content (AvgIpc) is 3.13. The van der Waals surface area contributed by atoms with Crippen LogP contribution in [0.1, 0.15) is 44.9 Å². The van der Waals surface area contributed by atoms with Crippen molar-refractivity contribution < 1.29 is 9.53 Å². The Balaban J connectivity index is 1.59. The highest BCUT2D eigenvalue weighted by atomic mass is 16.5. The van der Waals surface area contributed by atoms with Crippen molar-refractivity contribution >= 4 is 5.91 Å². The summed E-state index contributed by atoms with van der Waals surface area (Å²) >= 11 is 0. The fraction of sp³-hybridized carbons (Fsp3) is 0.550. The first-order chi connectivity index (χ1) is 12.7. The Morgan fingerprint density at radius 1 is 1.23 bits per heavy atom. The lowest BCUT2D eigenvalue weighted by Crippen LogP contribution is -2.53. The third kappa shape index (κ3) is 3.14. The molecule has 2 heterocycles. The molecule has 0 spiro atoms. The summed E-state index contributed by atoms with van der Waals surface area (Å²) in [5, 5.41) is 11.8. The van der Waals surface area contributed by atoms with Gasteiger partial charge in [-0.3, -0.25) is 9.36 Å². The van der Waals surface area contributed by atoms with E-state index in [1.165, 1.54) is 32.1 Å². The normalized spacial score (nSPS) is 23.4. The molecule has 1 N–H and O–H groups in total. The van der Waals surface area contributed by atoms with Gasteiger partial charge in [-0.15, -0.1) is 10.2 Å². The lowest BCUT2D eigenvalue weighted by Gasteiger charge is -2.35. The van der Waals surface area contributed by atoms with Gasteiger partial charge in [-0.2, -0.15) is 0 Å². The Kier molecular flexibility index (Phi) is 4.76. The third-order valence-corrected chi connectivity index (χ3v) is 5.64. The van der Waals surface area contributed by atoms with Gasteiger partial charge in [-0.25, -0.2) is 0 Å². The Morgan fingerprint density at radius 3 is 2.77 bits per heavy atom. The van der Waals surface area contributed by atoms with E-state index in [2.05, 4.69) is 15.5 Å². The van der Waals surface area contributed by atoms with Crippen LogP contribution in [0, 0.1) is 5.92 Å². The maximum atomic E-state index is 13.1. The Bertz CT molecular complexity index is 767. The first kappa shape index (κ1) is 17.2. The number of nitrogens with one attached hydrogen (secondary N) is 1. The summed E-state index contributed by atoms with van der Waals surface area (Å²) in [6.45, 7) is 3.37. The van der Waals surface area contributed by atoms with E-state index in [0.717, 1.165) is 17.9 Å². The molecule has 2 aromatic rings. The highest BCUT2D eigenvalue weighted by molar-refractivity contribution is 5.85. The lowest BCUT2D eigenvalue weighted by molar-refractivity contribution is -0.135. The van der Waals surface area contributed by atoms with Gasteiger partial charge in [0.1, 0.15) is 12.1 Å². The van der Waals surface area contributed by atoms with Gasteiger partial charge in [0.15, 0.2) is 11.6 Å². The summed E-state index contributed by atoms with van der Waals surface area (Å²) in [4.78, 5) is 13.1. The number of rotatable bonds is 4. The molecule has 1 amide bonds. The molecule has 1 unspecified atom stereocenters. The molecule has 6 heteroatoms. The predicted molar refractivity (Wildman–Crippen MR) is 98.3 cm³/mol. The maximum Gasteiger partial charge on any atom is 0.248 e. The standard InChI is InChI=1S/C20H26N4O2/c1-20(19(25)21-12-15-8-4-2-5-9-15)14-26-13-17-22-23-18(24(17)20)16-10-6-3-7-11-16/h3,6-7,10-11,15H,2,4-5,8-9,12-14H2,1H3,(H,21,25). The van der Waals surface area contributed by atoms with Gasteiger partial charge in [0.05, 0.1) is 6.61 Å². The molecule has 1 aromatic heterocycles. The molecule has 0 bridgehead atoms. The number of fused-ring (bicyclic) bond motifs is 1. The average molecular weight is 354 g/mol. The van der Waals surface area contributed by atoms with Crippen LogP contribution >= 0.6 is 0 Å². The van der Waals surface area contributed by atoms with E-state index in [0.29, 0.717) is 25.0 Å². The van der Waals surface area contributed by atoms with Gasteiger partial charge in [0.2, 0.25) is 5.91 Å². The van der Waals surface area contributed by atoms with Crippen molar-refractivity contribution in [2.75, 3.05) is 13.2 Å². The van der Waals surface area contributed by atoms with Gasteiger partial charge in [-0.1, -0.05) is 49.6 Å². The van der Waals surface area contributed by atoms with Gasteiger partial charge in [-0.05, 0) is 25.7 Å². The summed E-state index contributed by atoms with van der Waals surface area (Å²) in [5.74, 6) is 2.00. The monoisotopic (exact) mass is 354 g/mol. The highest BCUT2D eigenvalue weighted by Crippen LogP contribution is 2.31. The van der Waals surface area contributed by atoms with Crippen molar-refractivity contribution in [2.24, 2.45) is 5.92 Å². The molecule has 1 fully saturated rings. The second-order valence-electron chi connectivity index (χ2n) is 7.62. The van der Waals surface area contributed by atoms with E-state index < -0.39 is 5.54 Å². The first-order valence-corrected chi connectivity index (χ1v) is 9.55. The molecule has 138 valence electrons. The zero-order chi connectivity index (χ0) is 18.0. The Morgan fingerprint density at radius 2 is 2.00 bits per heavy atom. The molecule has 1 aliphatic carbocycles. The minimum atomic E-state index is -0.836. The molecule has 1 aromatic carbocycles. The van der Waals surface area contributed by atoms with Gasteiger partial charge in [0.25, 0.3) is 0 Å². The van der Waals surface area contributed by atoms with Crippen molar-refractivity contribution in [3.63, 3.8) is 0 Å². The molecule has 1 atom stereocenters. The molecule has 26 heavy (non-hydrogen) atoms. The van der Waals surface area contributed by atoms with Gasteiger partial charge < -0.3 is 10.1 Å². The van der Waals surface area contributed by atoms with Crippen molar-refractivity contribution in [2.45, 2.75) is 51.2 Å². The minimum absolute atomic E-state index is 0.0130. The fourth-order valence-corrected chi connectivity index (χ4v) is 4.09. The Hall–Kier alpha value is -2.21. The Labute approximate surface area is 154 Å². The van der Waals surface area contributed by atoms with Gasteiger partial charge in [0, 0.05) is 12.1 Å². The third-order valence-electron chi connectivity index (χ3n) is 5.64.